The predicted octanol–water partition coefficient (Wildman–Crippen LogP) is 3.93. The first-order valence-corrected chi connectivity index (χ1v) is 8.89. The fourth-order valence-electron chi connectivity index (χ4n) is 3.75. The Bertz CT molecular complexity index is 878. The Balaban J connectivity index is 1.48. The van der Waals surface area contributed by atoms with E-state index in [9.17, 15) is 5.11 Å². The van der Waals surface area contributed by atoms with E-state index in [1.54, 1.807) is 12.4 Å². The van der Waals surface area contributed by atoms with Crippen molar-refractivity contribution in [1.29, 1.82) is 0 Å². The predicted molar refractivity (Wildman–Crippen MR) is 98.3 cm³/mol. The van der Waals surface area contributed by atoms with E-state index in [0.29, 0.717) is 0 Å². The lowest BCUT2D eigenvalue weighted by Gasteiger charge is -2.38. The Morgan fingerprint density at radius 1 is 1.20 bits per heavy atom. The Morgan fingerprint density at radius 3 is 2.72 bits per heavy atom. The van der Waals surface area contributed by atoms with Crippen LogP contribution in [0.2, 0.25) is 0 Å². The maximum Gasteiger partial charge on any atom is 0.134 e. The quantitative estimate of drug-likeness (QED) is 0.787. The lowest BCUT2D eigenvalue weighted by molar-refractivity contribution is -0.0291. The molecular weight excluding hydrogens is 312 g/mol. The fraction of sp³-hybridized carbons (Fsp3) is 0.381. The summed E-state index contributed by atoms with van der Waals surface area (Å²) in [7, 11) is 0. The summed E-state index contributed by atoms with van der Waals surface area (Å²) in [5.41, 5.74) is 3.60. The maximum absolute atomic E-state index is 10.9. The van der Waals surface area contributed by atoms with Crippen LogP contribution in [-0.2, 0) is 12.1 Å². The summed E-state index contributed by atoms with van der Waals surface area (Å²) in [5, 5.41) is 12.1. The number of fused-ring (bicyclic) bond motifs is 1. The molecule has 0 radical (unpaired) electrons. The van der Waals surface area contributed by atoms with E-state index < -0.39 is 5.60 Å². The summed E-state index contributed by atoms with van der Waals surface area (Å²) in [6.45, 7) is 6.73. The van der Waals surface area contributed by atoms with Crippen LogP contribution in [-0.4, -0.2) is 28.1 Å². The van der Waals surface area contributed by atoms with Crippen molar-refractivity contribution in [2.45, 2.75) is 38.8 Å². The van der Waals surface area contributed by atoms with Gasteiger partial charge in [0.1, 0.15) is 11.3 Å². The Hall–Kier alpha value is -2.17. The minimum Gasteiger partial charge on any atom is -0.459 e. The number of likely N-dealkylation sites (tertiary alicyclic amines) is 1. The average Bonchev–Trinajstić information content (AvgIpc) is 2.93. The Kier molecular flexibility index (Phi) is 4.10. The SMILES string of the molecule is Cc1ccc2oc(CN3CCC(O)(c4cccnc4)CC3)c(C)c2c1. The number of hydrogen-bond acceptors (Lipinski definition) is 4. The molecule has 2 aromatic heterocycles. The van der Waals surface area contributed by atoms with Crippen molar-refractivity contribution >= 4 is 11.0 Å². The zero-order valence-electron chi connectivity index (χ0n) is 14.8. The van der Waals surface area contributed by atoms with Gasteiger partial charge in [0.25, 0.3) is 0 Å². The molecule has 1 fully saturated rings. The second-order valence-corrected chi connectivity index (χ2v) is 7.20. The van der Waals surface area contributed by atoms with Crippen molar-refractivity contribution in [3.8, 4) is 0 Å². The highest BCUT2D eigenvalue weighted by Gasteiger charge is 2.34. The number of piperidine rings is 1. The minimum atomic E-state index is -0.759. The van der Waals surface area contributed by atoms with Crippen molar-refractivity contribution in [2.75, 3.05) is 13.1 Å². The largest absolute Gasteiger partial charge is 0.459 e. The molecule has 4 rings (SSSR count). The number of aliphatic hydroxyl groups is 1. The number of hydrogen-bond donors (Lipinski definition) is 1. The van der Waals surface area contributed by atoms with E-state index in [4.69, 9.17) is 4.42 Å². The molecule has 1 saturated heterocycles. The van der Waals surface area contributed by atoms with E-state index in [2.05, 4.69) is 41.9 Å². The van der Waals surface area contributed by atoms with Gasteiger partial charge in [0.15, 0.2) is 0 Å². The standard InChI is InChI=1S/C21H24N2O2/c1-15-5-6-19-18(12-15)16(2)20(25-19)14-23-10-7-21(24,8-11-23)17-4-3-9-22-13-17/h3-6,9,12-13,24H,7-8,10-11,14H2,1-2H3. The van der Waals surface area contributed by atoms with Gasteiger partial charge in [-0.05, 0) is 50.5 Å². The maximum atomic E-state index is 10.9. The molecule has 1 aromatic carbocycles. The summed E-state index contributed by atoms with van der Waals surface area (Å²) in [6, 6.07) is 10.2. The molecule has 4 nitrogen and oxygen atoms in total. The van der Waals surface area contributed by atoms with Crippen LogP contribution in [0, 0.1) is 13.8 Å². The highest BCUT2D eigenvalue weighted by molar-refractivity contribution is 5.82. The van der Waals surface area contributed by atoms with Gasteiger partial charge >= 0.3 is 0 Å². The number of benzene rings is 1. The van der Waals surface area contributed by atoms with Crippen molar-refractivity contribution in [3.05, 3.63) is 65.2 Å². The van der Waals surface area contributed by atoms with E-state index in [1.807, 2.05) is 12.1 Å². The van der Waals surface area contributed by atoms with Crippen LogP contribution in [0.1, 0.15) is 35.3 Å². The second-order valence-electron chi connectivity index (χ2n) is 7.20. The molecule has 4 heteroatoms. The average molecular weight is 336 g/mol. The first kappa shape index (κ1) is 16.3. The van der Waals surface area contributed by atoms with Gasteiger partial charge in [-0.15, -0.1) is 0 Å². The van der Waals surface area contributed by atoms with Crippen LogP contribution in [0.4, 0.5) is 0 Å². The third kappa shape index (κ3) is 3.08. The number of aryl methyl sites for hydroxylation is 2. The van der Waals surface area contributed by atoms with Crippen molar-refractivity contribution < 1.29 is 9.52 Å². The molecule has 130 valence electrons. The molecule has 0 aliphatic carbocycles. The molecule has 1 aliphatic rings. The molecule has 1 aliphatic heterocycles. The van der Waals surface area contributed by atoms with Gasteiger partial charge in [-0.25, -0.2) is 0 Å². The number of rotatable bonds is 3. The molecule has 3 aromatic rings. The molecular formula is C21H24N2O2. The first-order chi connectivity index (χ1) is 12.0. The number of pyridine rings is 1. The smallest absolute Gasteiger partial charge is 0.134 e. The monoisotopic (exact) mass is 336 g/mol. The van der Waals surface area contributed by atoms with Gasteiger partial charge < -0.3 is 9.52 Å². The molecule has 0 amide bonds. The number of aromatic nitrogens is 1. The summed E-state index contributed by atoms with van der Waals surface area (Å²) in [5.74, 6) is 1.03. The number of furan rings is 1. The highest BCUT2D eigenvalue weighted by Crippen LogP contribution is 2.34. The van der Waals surface area contributed by atoms with Gasteiger partial charge in [0.05, 0.1) is 12.1 Å². The zero-order valence-corrected chi connectivity index (χ0v) is 14.8. The summed E-state index contributed by atoms with van der Waals surface area (Å²) in [6.07, 6.45) is 4.96. The fourth-order valence-corrected chi connectivity index (χ4v) is 3.75. The van der Waals surface area contributed by atoms with Gasteiger partial charge in [-0.2, -0.15) is 0 Å². The van der Waals surface area contributed by atoms with E-state index >= 15 is 0 Å². The second kappa shape index (κ2) is 6.28. The lowest BCUT2D eigenvalue weighted by atomic mass is 9.85. The van der Waals surface area contributed by atoms with Crippen molar-refractivity contribution in [3.63, 3.8) is 0 Å². The molecule has 0 unspecified atom stereocenters. The van der Waals surface area contributed by atoms with Crippen LogP contribution in [0.5, 0.6) is 0 Å². The molecule has 0 saturated carbocycles. The van der Waals surface area contributed by atoms with Crippen LogP contribution >= 0.6 is 0 Å². The van der Waals surface area contributed by atoms with E-state index in [-0.39, 0.29) is 0 Å². The third-order valence-corrected chi connectivity index (χ3v) is 5.44. The molecule has 25 heavy (non-hydrogen) atoms. The van der Waals surface area contributed by atoms with Crippen molar-refractivity contribution in [2.24, 2.45) is 0 Å². The van der Waals surface area contributed by atoms with Crippen LogP contribution in [0.25, 0.3) is 11.0 Å². The van der Waals surface area contributed by atoms with Crippen LogP contribution < -0.4 is 0 Å². The summed E-state index contributed by atoms with van der Waals surface area (Å²) in [4.78, 5) is 6.51. The molecule has 0 spiro atoms. The molecule has 1 N–H and O–H groups in total. The van der Waals surface area contributed by atoms with Crippen LogP contribution in [0.3, 0.4) is 0 Å². The molecule has 0 bridgehead atoms. The molecule has 3 heterocycles. The van der Waals surface area contributed by atoms with E-state index in [0.717, 1.165) is 49.4 Å². The molecule has 0 atom stereocenters. The minimum absolute atomic E-state index is 0.719. The number of nitrogens with zero attached hydrogens (tertiary/aromatic N) is 2. The zero-order chi connectivity index (χ0) is 17.4. The Labute approximate surface area is 148 Å². The highest BCUT2D eigenvalue weighted by atomic mass is 16.3. The normalized spacial score (nSPS) is 17.9. The van der Waals surface area contributed by atoms with Gasteiger partial charge in [0.2, 0.25) is 0 Å². The van der Waals surface area contributed by atoms with Gasteiger partial charge in [-0.3, -0.25) is 9.88 Å². The Morgan fingerprint density at radius 2 is 2.00 bits per heavy atom. The summed E-state index contributed by atoms with van der Waals surface area (Å²) >= 11 is 0. The lowest BCUT2D eigenvalue weighted by Crippen LogP contribution is -2.42. The van der Waals surface area contributed by atoms with Gasteiger partial charge in [-0.1, -0.05) is 17.7 Å². The topological polar surface area (TPSA) is 49.5 Å². The third-order valence-electron chi connectivity index (χ3n) is 5.44. The van der Waals surface area contributed by atoms with E-state index in [1.165, 1.54) is 16.5 Å². The van der Waals surface area contributed by atoms with Gasteiger partial charge in [0, 0.05) is 36.4 Å². The summed E-state index contributed by atoms with van der Waals surface area (Å²) < 4.78 is 6.08. The van der Waals surface area contributed by atoms with Crippen LogP contribution in [0.15, 0.2) is 47.1 Å². The first-order valence-electron chi connectivity index (χ1n) is 8.89. The van der Waals surface area contributed by atoms with Crippen molar-refractivity contribution in [1.82, 2.24) is 9.88 Å².